The molecule has 0 aromatic heterocycles. The van der Waals surface area contributed by atoms with Crippen LogP contribution in [0.2, 0.25) is 0 Å². The zero-order valence-electron chi connectivity index (χ0n) is 26.1. The first kappa shape index (κ1) is 42.5. The van der Waals surface area contributed by atoms with Crippen LogP contribution >= 0.6 is 0 Å². The molecule has 6 heteroatoms. The van der Waals surface area contributed by atoms with Crippen molar-refractivity contribution in [1.82, 2.24) is 0 Å². The summed E-state index contributed by atoms with van der Waals surface area (Å²) in [4.78, 5) is 31.4. The van der Waals surface area contributed by atoms with E-state index in [1.54, 1.807) is 6.92 Å². The van der Waals surface area contributed by atoms with Crippen LogP contribution in [0.3, 0.4) is 0 Å². The molecule has 6 nitrogen and oxygen atoms in total. The van der Waals surface area contributed by atoms with E-state index in [9.17, 15) is 14.4 Å². The molecule has 0 heterocycles. The predicted octanol–water partition coefficient (Wildman–Crippen LogP) is 9.37. The highest BCUT2D eigenvalue weighted by atomic mass is 16.5. The van der Waals surface area contributed by atoms with Gasteiger partial charge < -0.3 is 14.2 Å². The Morgan fingerprint density at radius 3 is 1.24 bits per heavy atom. The van der Waals surface area contributed by atoms with E-state index in [-0.39, 0.29) is 17.9 Å². The Balaban J connectivity index is -0.000000213. The molecule has 0 aromatic rings. The molecule has 0 bridgehead atoms. The molecule has 0 aromatic carbocycles. The zero-order valence-corrected chi connectivity index (χ0v) is 26.1. The topological polar surface area (TPSA) is 78.9 Å². The van der Waals surface area contributed by atoms with E-state index in [0.717, 1.165) is 32.1 Å². The number of carbonyl (C=O) groups is 3. The number of hydrogen-bond donors (Lipinski definition) is 0. The second-order valence-electron chi connectivity index (χ2n) is 9.13. The molecule has 0 amide bonds. The molecule has 0 atom stereocenters. The van der Waals surface area contributed by atoms with Crippen molar-refractivity contribution < 1.29 is 28.6 Å². The molecular weight excluding hydrogens is 468 g/mol. The van der Waals surface area contributed by atoms with Crippen LogP contribution in [0.15, 0.2) is 0 Å². The highest BCUT2D eigenvalue weighted by Crippen LogP contribution is 2.10. The van der Waals surface area contributed by atoms with Crippen molar-refractivity contribution >= 4 is 17.9 Å². The maximum atomic E-state index is 10.8. The molecule has 0 rings (SSSR count). The molecule has 0 saturated heterocycles. The van der Waals surface area contributed by atoms with E-state index in [2.05, 4.69) is 44.1 Å². The minimum atomic E-state index is -0.182. The van der Waals surface area contributed by atoms with Gasteiger partial charge in [0.15, 0.2) is 0 Å². The number of carbonyl (C=O) groups excluding carboxylic acids is 3. The Hall–Kier alpha value is -1.59. The van der Waals surface area contributed by atoms with Crippen LogP contribution in [0, 0.1) is 0 Å². The zero-order chi connectivity index (χ0) is 29.0. The maximum Gasteiger partial charge on any atom is 0.305 e. The van der Waals surface area contributed by atoms with E-state index in [1.807, 2.05) is 0 Å². The van der Waals surface area contributed by atoms with E-state index in [4.69, 9.17) is 4.74 Å². The molecule has 0 spiro atoms. The first-order valence-electron chi connectivity index (χ1n) is 15.2. The molecule has 0 N–H and O–H groups in total. The van der Waals surface area contributed by atoms with Crippen molar-refractivity contribution in [3.8, 4) is 0 Å². The predicted molar refractivity (Wildman–Crippen MR) is 157 cm³/mol. The van der Waals surface area contributed by atoms with Crippen molar-refractivity contribution in [1.29, 1.82) is 0 Å². The van der Waals surface area contributed by atoms with Crippen LogP contribution in [0.25, 0.3) is 0 Å². The Kier molecular flexibility index (Phi) is 47.7. The average molecular weight is 533 g/mol. The van der Waals surface area contributed by atoms with Gasteiger partial charge in [-0.15, -0.1) is 0 Å². The van der Waals surface area contributed by atoms with Crippen LogP contribution in [-0.2, 0) is 28.6 Å². The Bertz CT molecular complexity index is 449. The Morgan fingerprint density at radius 1 is 0.486 bits per heavy atom. The van der Waals surface area contributed by atoms with Crippen molar-refractivity contribution in [2.24, 2.45) is 0 Å². The fraction of sp³-hybridized carbons (Fsp3) is 0.903. The van der Waals surface area contributed by atoms with Gasteiger partial charge in [-0.1, -0.05) is 125 Å². The highest BCUT2D eigenvalue weighted by molar-refractivity contribution is 5.69. The lowest BCUT2D eigenvalue weighted by Gasteiger charge is -2.01. The van der Waals surface area contributed by atoms with Crippen molar-refractivity contribution in [2.45, 2.75) is 164 Å². The summed E-state index contributed by atoms with van der Waals surface area (Å²) < 4.78 is 14.0. The van der Waals surface area contributed by atoms with Gasteiger partial charge in [-0.25, -0.2) is 0 Å². The molecule has 0 aliphatic carbocycles. The lowest BCUT2D eigenvalue weighted by Crippen LogP contribution is -2.02. The molecule has 0 saturated carbocycles. The van der Waals surface area contributed by atoms with Gasteiger partial charge >= 0.3 is 17.9 Å². The third-order valence-corrected chi connectivity index (χ3v) is 5.27. The smallest absolute Gasteiger partial charge is 0.305 e. The van der Waals surface area contributed by atoms with Crippen LogP contribution in [0.4, 0.5) is 0 Å². The van der Waals surface area contributed by atoms with Gasteiger partial charge in [-0.2, -0.15) is 0 Å². The van der Waals surface area contributed by atoms with Crippen molar-refractivity contribution in [3.63, 3.8) is 0 Å². The fourth-order valence-corrected chi connectivity index (χ4v) is 2.83. The lowest BCUT2D eigenvalue weighted by molar-refractivity contribution is -0.143. The average Bonchev–Trinajstić information content (AvgIpc) is 2.89. The van der Waals surface area contributed by atoms with E-state index >= 15 is 0 Å². The SMILES string of the molecule is CCCCC.CCCCCCCCCCCC(=O)OC.CCCCOC(=O)CC.CCCCOC(C)=O. The van der Waals surface area contributed by atoms with Gasteiger partial charge in [0, 0.05) is 19.8 Å². The molecule has 0 aliphatic heterocycles. The van der Waals surface area contributed by atoms with Gasteiger partial charge in [0.25, 0.3) is 0 Å². The first-order chi connectivity index (χ1) is 17.8. The standard InChI is InChI=1S/C13H26O2.C7H14O2.C6H12O2.C5H12/c1-3-4-5-6-7-8-9-10-11-12-13(14)15-2;1-3-5-6-9-7(8)4-2;1-3-4-5-8-6(2)7;1-3-5-4-2/h3-12H2,1-2H3;3-6H2,1-2H3;3-5H2,1-2H3;3-5H2,1-2H3. The number of ether oxygens (including phenoxy) is 3. The van der Waals surface area contributed by atoms with Gasteiger partial charge in [0.05, 0.1) is 20.3 Å². The monoisotopic (exact) mass is 532 g/mol. The summed E-state index contributed by atoms with van der Waals surface area (Å²) in [5.41, 5.74) is 0. The summed E-state index contributed by atoms with van der Waals surface area (Å²) >= 11 is 0. The van der Waals surface area contributed by atoms with Crippen molar-refractivity contribution in [2.75, 3.05) is 20.3 Å². The number of unbranched alkanes of at least 4 members (excludes halogenated alkanes) is 12. The minimum absolute atomic E-state index is 0.0713. The van der Waals surface area contributed by atoms with E-state index < -0.39 is 0 Å². The second kappa shape index (κ2) is 41.5. The Labute approximate surface area is 231 Å². The largest absolute Gasteiger partial charge is 0.469 e. The van der Waals surface area contributed by atoms with Crippen molar-refractivity contribution in [3.05, 3.63) is 0 Å². The maximum absolute atomic E-state index is 10.8. The van der Waals surface area contributed by atoms with Gasteiger partial charge in [-0.05, 0) is 19.3 Å². The molecule has 0 radical (unpaired) electrons. The molecule has 37 heavy (non-hydrogen) atoms. The lowest BCUT2D eigenvalue weighted by atomic mass is 10.1. The second-order valence-corrected chi connectivity index (χ2v) is 9.13. The fourth-order valence-electron chi connectivity index (χ4n) is 2.83. The molecule has 0 fully saturated rings. The first-order valence-corrected chi connectivity index (χ1v) is 15.2. The van der Waals surface area contributed by atoms with E-state index in [0.29, 0.717) is 26.1 Å². The quantitative estimate of drug-likeness (QED) is 0.0936. The van der Waals surface area contributed by atoms with Gasteiger partial charge in [-0.3, -0.25) is 14.4 Å². The summed E-state index contributed by atoms with van der Waals surface area (Å²) in [5, 5.41) is 0. The van der Waals surface area contributed by atoms with Crippen LogP contribution < -0.4 is 0 Å². The third-order valence-electron chi connectivity index (χ3n) is 5.27. The summed E-state index contributed by atoms with van der Waals surface area (Å²) in [6.07, 6.45) is 20.8. The highest BCUT2D eigenvalue weighted by Gasteiger charge is 1.99. The van der Waals surface area contributed by atoms with Gasteiger partial charge in [0.2, 0.25) is 0 Å². The minimum Gasteiger partial charge on any atom is -0.469 e. The normalized spacial score (nSPS) is 9.41. The molecule has 224 valence electrons. The third kappa shape index (κ3) is 56.0. The molecule has 0 aliphatic rings. The summed E-state index contributed by atoms with van der Waals surface area (Å²) in [7, 11) is 1.45. The summed E-state index contributed by atoms with van der Waals surface area (Å²) in [5.74, 6) is -0.347. The van der Waals surface area contributed by atoms with Crippen LogP contribution in [-0.4, -0.2) is 38.2 Å². The van der Waals surface area contributed by atoms with Gasteiger partial charge in [0.1, 0.15) is 0 Å². The summed E-state index contributed by atoms with van der Waals surface area (Å²) in [6, 6.07) is 0. The number of methoxy groups -OCH3 is 1. The molecular formula is C31H64O6. The number of hydrogen-bond acceptors (Lipinski definition) is 6. The summed E-state index contributed by atoms with van der Waals surface area (Å²) in [6.45, 7) is 15.2. The van der Waals surface area contributed by atoms with E-state index in [1.165, 1.54) is 84.7 Å². The van der Waals surface area contributed by atoms with Crippen LogP contribution in [0.5, 0.6) is 0 Å². The molecule has 0 unspecified atom stereocenters. The number of esters is 3. The van der Waals surface area contributed by atoms with Crippen LogP contribution in [0.1, 0.15) is 164 Å². The Morgan fingerprint density at radius 2 is 0.892 bits per heavy atom. The number of rotatable bonds is 19.